The molecule has 0 radical (unpaired) electrons. The Hall–Kier alpha value is -1.22. The van der Waals surface area contributed by atoms with Crippen LogP contribution in [0.15, 0.2) is 23.2 Å². The standard InChI is InChI=1S/C18H30N4O2.HI/c1-14-6-4-10-22(13-14)11-5-9-20-18(19)21-15-7-8-16(23-2)17(12-15)24-3;/h7-8,12,14H,4-6,9-11,13H2,1-3H3,(H3,19,20,21);1H. The highest BCUT2D eigenvalue weighted by atomic mass is 127. The van der Waals surface area contributed by atoms with Gasteiger partial charge in [-0.25, -0.2) is 0 Å². The zero-order valence-electron chi connectivity index (χ0n) is 15.5. The molecule has 1 fully saturated rings. The number of rotatable bonds is 7. The summed E-state index contributed by atoms with van der Waals surface area (Å²) in [5.41, 5.74) is 6.79. The van der Waals surface area contributed by atoms with Crippen molar-refractivity contribution >= 4 is 35.6 Å². The van der Waals surface area contributed by atoms with Crippen LogP contribution >= 0.6 is 24.0 Å². The van der Waals surface area contributed by atoms with E-state index in [4.69, 9.17) is 15.2 Å². The smallest absolute Gasteiger partial charge is 0.193 e. The third-order valence-electron chi connectivity index (χ3n) is 4.31. The molecule has 0 saturated carbocycles. The van der Waals surface area contributed by atoms with Gasteiger partial charge >= 0.3 is 0 Å². The van der Waals surface area contributed by atoms with E-state index in [0.29, 0.717) is 17.5 Å². The van der Waals surface area contributed by atoms with Crippen molar-refractivity contribution in [3.05, 3.63) is 18.2 Å². The Balaban J connectivity index is 0.00000312. The van der Waals surface area contributed by atoms with Crippen LogP contribution in [0.2, 0.25) is 0 Å². The fourth-order valence-corrected chi connectivity index (χ4v) is 3.09. The highest BCUT2D eigenvalue weighted by molar-refractivity contribution is 14.0. The first-order valence-corrected chi connectivity index (χ1v) is 8.63. The van der Waals surface area contributed by atoms with Gasteiger partial charge in [0.25, 0.3) is 0 Å². The molecule has 1 unspecified atom stereocenters. The van der Waals surface area contributed by atoms with Crippen LogP contribution in [-0.2, 0) is 0 Å². The number of anilines is 1. The molecule has 3 N–H and O–H groups in total. The minimum absolute atomic E-state index is 0. The van der Waals surface area contributed by atoms with Crippen LogP contribution in [0.25, 0.3) is 0 Å². The van der Waals surface area contributed by atoms with Crippen molar-refractivity contribution in [2.75, 3.05) is 45.7 Å². The summed E-state index contributed by atoms with van der Waals surface area (Å²) >= 11 is 0. The van der Waals surface area contributed by atoms with Crippen LogP contribution in [0.3, 0.4) is 0 Å². The van der Waals surface area contributed by atoms with Crippen molar-refractivity contribution in [3.63, 3.8) is 0 Å². The Kier molecular flexibility index (Phi) is 9.96. The summed E-state index contributed by atoms with van der Waals surface area (Å²) in [6, 6.07) is 5.57. The van der Waals surface area contributed by atoms with E-state index in [0.717, 1.165) is 31.1 Å². The molecule has 1 aliphatic heterocycles. The molecule has 6 nitrogen and oxygen atoms in total. The first-order chi connectivity index (χ1) is 11.6. The summed E-state index contributed by atoms with van der Waals surface area (Å²) < 4.78 is 10.5. The Morgan fingerprint density at radius 3 is 2.76 bits per heavy atom. The Labute approximate surface area is 168 Å². The average Bonchev–Trinajstić information content (AvgIpc) is 2.58. The lowest BCUT2D eigenvalue weighted by Gasteiger charge is -2.30. The molecule has 1 saturated heterocycles. The number of hydrogen-bond donors (Lipinski definition) is 2. The zero-order valence-corrected chi connectivity index (χ0v) is 17.8. The van der Waals surface area contributed by atoms with Gasteiger partial charge < -0.3 is 25.4 Å². The van der Waals surface area contributed by atoms with Gasteiger partial charge in [0.2, 0.25) is 0 Å². The van der Waals surface area contributed by atoms with Crippen LogP contribution in [0, 0.1) is 5.92 Å². The molecule has 1 atom stereocenters. The molecule has 1 aromatic carbocycles. The third-order valence-corrected chi connectivity index (χ3v) is 4.31. The lowest BCUT2D eigenvalue weighted by atomic mass is 10.0. The molecule has 2 rings (SSSR count). The van der Waals surface area contributed by atoms with E-state index in [2.05, 4.69) is 22.1 Å². The number of piperidine rings is 1. The number of guanidine groups is 1. The molecule has 0 spiro atoms. The van der Waals surface area contributed by atoms with Gasteiger partial charge in [-0.3, -0.25) is 4.99 Å². The molecule has 0 aliphatic carbocycles. The molecule has 0 aromatic heterocycles. The van der Waals surface area contributed by atoms with Gasteiger partial charge in [-0.1, -0.05) is 6.92 Å². The molecule has 0 amide bonds. The first-order valence-electron chi connectivity index (χ1n) is 8.63. The number of nitrogens with zero attached hydrogens (tertiary/aromatic N) is 2. The van der Waals surface area contributed by atoms with Crippen LogP contribution < -0.4 is 20.5 Å². The Bertz CT molecular complexity index is 554. The number of aliphatic imine (C=N–C) groups is 1. The number of likely N-dealkylation sites (tertiary alicyclic amines) is 1. The van der Waals surface area contributed by atoms with E-state index in [1.807, 2.05) is 18.2 Å². The van der Waals surface area contributed by atoms with Crippen LogP contribution in [0.5, 0.6) is 11.5 Å². The van der Waals surface area contributed by atoms with Gasteiger partial charge in [0.15, 0.2) is 17.5 Å². The van der Waals surface area contributed by atoms with E-state index in [9.17, 15) is 0 Å². The monoisotopic (exact) mass is 462 g/mol. The number of nitrogens with one attached hydrogen (secondary N) is 1. The quantitative estimate of drug-likeness (QED) is 0.282. The lowest BCUT2D eigenvalue weighted by molar-refractivity contribution is 0.183. The largest absolute Gasteiger partial charge is 0.493 e. The van der Waals surface area contributed by atoms with Crippen molar-refractivity contribution in [1.82, 2.24) is 4.90 Å². The van der Waals surface area contributed by atoms with Gasteiger partial charge in [-0.05, 0) is 50.4 Å². The number of halogens is 1. The van der Waals surface area contributed by atoms with Gasteiger partial charge in [0.1, 0.15) is 0 Å². The molecule has 1 heterocycles. The van der Waals surface area contributed by atoms with Crippen LogP contribution in [-0.4, -0.2) is 51.3 Å². The minimum atomic E-state index is 0. The summed E-state index contributed by atoms with van der Waals surface area (Å²) in [7, 11) is 3.23. The highest BCUT2D eigenvalue weighted by Gasteiger charge is 2.15. The Morgan fingerprint density at radius 2 is 2.08 bits per heavy atom. The van der Waals surface area contributed by atoms with Crippen molar-refractivity contribution in [2.24, 2.45) is 16.6 Å². The second kappa shape index (κ2) is 11.4. The van der Waals surface area contributed by atoms with Crippen molar-refractivity contribution < 1.29 is 9.47 Å². The first kappa shape index (κ1) is 21.8. The van der Waals surface area contributed by atoms with E-state index < -0.39 is 0 Å². The fourth-order valence-electron chi connectivity index (χ4n) is 3.09. The molecular weight excluding hydrogens is 431 g/mol. The van der Waals surface area contributed by atoms with Gasteiger partial charge in [-0.15, -0.1) is 24.0 Å². The van der Waals surface area contributed by atoms with Crippen molar-refractivity contribution in [3.8, 4) is 11.5 Å². The number of hydrogen-bond acceptors (Lipinski definition) is 4. The normalized spacial score (nSPS) is 18.4. The average molecular weight is 462 g/mol. The maximum Gasteiger partial charge on any atom is 0.193 e. The predicted molar refractivity (Wildman–Crippen MR) is 115 cm³/mol. The summed E-state index contributed by atoms with van der Waals surface area (Å²) in [4.78, 5) is 6.93. The molecule has 1 aromatic rings. The van der Waals surface area contributed by atoms with Crippen molar-refractivity contribution in [1.29, 1.82) is 0 Å². The molecule has 1 aliphatic rings. The van der Waals surface area contributed by atoms with Crippen molar-refractivity contribution in [2.45, 2.75) is 26.2 Å². The molecule has 7 heteroatoms. The fraction of sp³-hybridized carbons (Fsp3) is 0.611. The summed E-state index contributed by atoms with van der Waals surface area (Å²) in [6.45, 7) is 6.58. The number of nitrogens with two attached hydrogens (primary N) is 1. The minimum Gasteiger partial charge on any atom is -0.493 e. The number of benzene rings is 1. The summed E-state index contributed by atoms with van der Waals surface area (Å²) in [6.07, 6.45) is 3.70. The molecule has 142 valence electrons. The van der Waals surface area contributed by atoms with Gasteiger partial charge in [0, 0.05) is 24.8 Å². The molecular formula is C18H31IN4O2. The predicted octanol–water partition coefficient (Wildman–Crippen LogP) is 3.17. The Morgan fingerprint density at radius 1 is 1.32 bits per heavy atom. The maximum absolute atomic E-state index is 5.96. The second-order valence-corrected chi connectivity index (χ2v) is 6.36. The molecule has 0 bridgehead atoms. The highest BCUT2D eigenvalue weighted by Crippen LogP contribution is 2.29. The number of methoxy groups -OCH3 is 2. The number of ether oxygens (including phenoxy) is 2. The summed E-state index contributed by atoms with van der Waals surface area (Å²) in [5, 5.41) is 3.09. The SMILES string of the molecule is COc1ccc(NC(N)=NCCCN2CCCC(C)C2)cc1OC.I. The third kappa shape index (κ3) is 7.27. The van der Waals surface area contributed by atoms with Gasteiger partial charge in [0.05, 0.1) is 14.2 Å². The lowest BCUT2D eigenvalue weighted by Crippen LogP contribution is -2.35. The van der Waals surface area contributed by atoms with E-state index in [-0.39, 0.29) is 24.0 Å². The van der Waals surface area contributed by atoms with E-state index >= 15 is 0 Å². The summed E-state index contributed by atoms with van der Waals surface area (Å²) in [5.74, 6) is 2.59. The van der Waals surface area contributed by atoms with Crippen LogP contribution in [0.4, 0.5) is 5.69 Å². The van der Waals surface area contributed by atoms with Gasteiger partial charge in [-0.2, -0.15) is 0 Å². The van der Waals surface area contributed by atoms with Crippen LogP contribution in [0.1, 0.15) is 26.2 Å². The van der Waals surface area contributed by atoms with E-state index in [1.54, 1.807) is 14.2 Å². The van der Waals surface area contributed by atoms with E-state index in [1.165, 1.54) is 25.9 Å². The maximum atomic E-state index is 5.96. The second-order valence-electron chi connectivity index (χ2n) is 6.36. The zero-order chi connectivity index (χ0) is 17.4. The topological polar surface area (TPSA) is 72.1 Å². The molecule has 25 heavy (non-hydrogen) atoms.